The topological polar surface area (TPSA) is 57.7 Å². The van der Waals surface area contributed by atoms with Crippen LogP contribution in [0.2, 0.25) is 4.34 Å². The molecule has 8 heteroatoms. The van der Waals surface area contributed by atoms with Crippen LogP contribution in [0.4, 0.5) is 5.69 Å². The van der Waals surface area contributed by atoms with Crippen molar-refractivity contribution in [3.05, 3.63) is 46.8 Å². The first-order valence-corrected chi connectivity index (χ1v) is 8.99. The molecule has 0 radical (unpaired) electrons. The molecule has 0 saturated carbocycles. The number of carbonyl (C=O) groups is 1. The molecule has 118 valence electrons. The number of thiophene rings is 1. The van der Waals surface area contributed by atoms with Gasteiger partial charge in [0, 0.05) is 19.8 Å². The lowest BCUT2D eigenvalue weighted by molar-refractivity contribution is -0.118. The number of halogens is 1. The fraction of sp³-hybridized carbons (Fsp3) is 0.214. The van der Waals surface area contributed by atoms with Crippen LogP contribution < -0.4 is 4.90 Å². The van der Waals surface area contributed by atoms with Crippen molar-refractivity contribution >= 4 is 44.6 Å². The molecular weight excluding hydrogens is 344 g/mol. The van der Waals surface area contributed by atoms with Gasteiger partial charge in [0.15, 0.2) is 0 Å². The molecule has 5 nitrogen and oxygen atoms in total. The zero-order valence-electron chi connectivity index (χ0n) is 12.1. The summed E-state index contributed by atoms with van der Waals surface area (Å²) < 4.78 is 26.2. The number of anilines is 1. The summed E-state index contributed by atoms with van der Waals surface area (Å²) >= 11 is 6.73. The normalized spacial score (nSPS) is 11.6. The Kier molecular flexibility index (Phi) is 5.23. The Labute approximate surface area is 138 Å². The SMILES string of the molecule is CN(C(=O)CN(C)S(=O)(=O)c1ccc(Cl)s1)c1ccccc1. The number of carbonyl (C=O) groups excluding carboxylic acids is 1. The molecule has 1 heterocycles. The van der Waals surface area contributed by atoms with Crippen LogP contribution in [0, 0.1) is 0 Å². The first kappa shape index (κ1) is 17.0. The van der Waals surface area contributed by atoms with Crippen molar-refractivity contribution in [3.63, 3.8) is 0 Å². The number of amides is 1. The summed E-state index contributed by atoms with van der Waals surface area (Å²) in [7, 11) is -0.723. The number of sulfonamides is 1. The van der Waals surface area contributed by atoms with Gasteiger partial charge in [0.1, 0.15) is 4.21 Å². The summed E-state index contributed by atoms with van der Waals surface area (Å²) in [5, 5.41) is 0. The maximum atomic E-state index is 12.3. The molecule has 1 aromatic heterocycles. The highest BCUT2D eigenvalue weighted by Crippen LogP contribution is 2.27. The minimum Gasteiger partial charge on any atom is -0.314 e. The predicted octanol–water partition coefficient (Wildman–Crippen LogP) is 2.69. The largest absolute Gasteiger partial charge is 0.314 e. The van der Waals surface area contributed by atoms with Crippen molar-refractivity contribution in [1.29, 1.82) is 0 Å². The van der Waals surface area contributed by atoms with Gasteiger partial charge in [-0.15, -0.1) is 11.3 Å². The van der Waals surface area contributed by atoms with Crippen molar-refractivity contribution in [2.45, 2.75) is 4.21 Å². The molecule has 0 aliphatic rings. The molecule has 22 heavy (non-hydrogen) atoms. The van der Waals surface area contributed by atoms with Gasteiger partial charge in [0.05, 0.1) is 10.9 Å². The standard InChI is InChI=1S/C14H15ClN2O3S2/c1-16(22(19,20)14-9-8-12(15)21-14)10-13(18)17(2)11-6-4-3-5-7-11/h3-9H,10H2,1-2H3. The van der Waals surface area contributed by atoms with Crippen LogP contribution in [0.1, 0.15) is 0 Å². The predicted molar refractivity (Wildman–Crippen MR) is 89.0 cm³/mol. The van der Waals surface area contributed by atoms with Gasteiger partial charge in [0.2, 0.25) is 5.91 Å². The summed E-state index contributed by atoms with van der Waals surface area (Å²) in [4.78, 5) is 13.7. The quantitative estimate of drug-likeness (QED) is 0.825. The number of para-hydroxylation sites is 1. The van der Waals surface area contributed by atoms with Crippen LogP contribution in [0.3, 0.4) is 0 Å². The Bertz CT molecular complexity index is 759. The van der Waals surface area contributed by atoms with Crippen molar-refractivity contribution in [2.75, 3.05) is 25.5 Å². The maximum absolute atomic E-state index is 12.3. The molecule has 0 spiro atoms. The van der Waals surface area contributed by atoms with Crippen LogP contribution in [-0.4, -0.2) is 39.3 Å². The van der Waals surface area contributed by atoms with E-state index in [1.165, 1.54) is 24.1 Å². The monoisotopic (exact) mass is 358 g/mol. The molecule has 0 aliphatic heterocycles. The highest BCUT2D eigenvalue weighted by Gasteiger charge is 2.26. The maximum Gasteiger partial charge on any atom is 0.252 e. The lowest BCUT2D eigenvalue weighted by atomic mass is 10.3. The van der Waals surface area contributed by atoms with E-state index >= 15 is 0 Å². The van der Waals surface area contributed by atoms with Crippen LogP contribution >= 0.6 is 22.9 Å². The third-order valence-electron chi connectivity index (χ3n) is 3.09. The van der Waals surface area contributed by atoms with Gasteiger partial charge in [-0.25, -0.2) is 8.42 Å². The molecule has 0 N–H and O–H groups in total. The van der Waals surface area contributed by atoms with Gasteiger partial charge in [-0.2, -0.15) is 4.31 Å². The van der Waals surface area contributed by atoms with Crippen molar-refractivity contribution in [3.8, 4) is 0 Å². The van der Waals surface area contributed by atoms with E-state index in [-0.39, 0.29) is 16.7 Å². The first-order valence-electron chi connectivity index (χ1n) is 6.35. The highest BCUT2D eigenvalue weighted by molar-refractivity contribution is 7.91. The zero-order chi connectivity index (χ0) is 16.3. The molecular formula is C14H15ClN2O3S2. The molecule has 0 atom stereocenters. The summed E-state index contributed by atoms with van der Waals surface area (Å²) in [6.07, 6.45) is 0. The molecule has 2 rings (SSSR count). The number of hydrogen-bond acceptors (Lipinski definition) is 4. The fourth-order valence-corrected chi connectivity index (χ4v) is 4.58. The van der Waals surface area contributed by atoms with E-state index in [1.54, 1.807) is 19.2 Å². The average Bonchev–Trinajstić information content (AvgIpc) is 2.94. The first-order chi connectivity index (χ1) is 10.3. The Morgan fingerprint density at radius 1 is 1.14 bits per heavy atom. The van der Waals surface area contributed by atoms with E-state index in [2.05, 4.69) is 0 Å². The zero-order valence-corrected chi connectivity index (χ0v) is 14.5. The Morgan fingerprint density at radius 3 is 2.32 bits per heavy atom. The van der Waals surface area contributed by atoms with Gasteiger partial charge < -0.3 is 4.90 Å². The second kappa shape index (κ2) is 6.78. The van der Waals surface area contributed by atoms with Gasteiger partial charge >= 0.3 is 0 Å². The van der Waals surface area contributed by atoms with Gasteiger partial charge in [-0.3, -0.25) is 4.79 Å². The summed E-state index contributed by atoms with van der Waals surface area (Å²) in [6, 6.07) is 12.0. The third-order valence-corrected chi connectivity index (χ3v) is 6.59. The van der Waals surface area contributed by atoms with E-state index in [4.69, 9.17) is 11.6 Å². The molecule has 1 amide bonds. The van der Waals surface area contributed by atoms with E-state index in [1.807, 2.05) is 18.2 Å². The molecule has 0 saturated heterocycles. The lowest BCUT2D eigenvalue weighted by Crippen LogP contribution is -2.39. The van der Waals surface area contributed by atoms with Gasteiger partial charge in [0.25, 0.3) is 10.0 Å². The summed E-state index contributed by atoms with van der Waals surface area (Å²) in [6.45, 7) is -0.247. The van der Waals surface area contributed by atoms with Crippen LogP contribution in [-0.2, 0) is 14.8 Å². The molecule has 0 bridgehead atoms. The van der Waals surface area contributed by atoms with E-state index < -0.39 is 10.0 Å². The van der Waals surface area contributed by atoms with E-state index in [9.17, 15) is 13.2 Å². The van der Waals surface area contributed by atoms with Crippen molar-refractivity contribution < 1.29 is 13.2 Å². The van der Waals surface area contributed by atoms with E-state index in [0.717, 1.165) is 15.6 Å². The van der Waals surface area contributed by atoms with Crippen LogP contribution in [0.5, 0.6) is 0 Å². The van der Waals surface area contributed by atoms with Crippen molar-refractivity contribution in [2.24, 2.45) is 0 Å². The molecule has 1 aromatic carbocycles. The van der Waals surface area contributed by atoms with Gasteiger partial charge in [-0.1, -0.05) is 29.8 Å². The fourth-order valence-electron chi connectivity index (χ4n) is 1.77. The number of rotatable bonds is 5. The van der Waals surface area contributed by atoms with E-state index in [0.29, 0.717) is 10.0 Å². The summed E-state index contributed by atoms with van der Waals surface area (Å²) in [5.41, 5.74) is 0.706. The Morgan fingerprint density at radius 2 is 1.77 bits per heavy atom. The molecule has 0 fully saturated rings. The highest BCUT2D eigenvalue weighted by atomic mass is 35.5. The molecule has 0 unspecified atom stereocenters. The van der Waals surface area contributed by atoms with Crippen LogP contribution in [0.25, 0.3) is 0 Å². The smallest absolute Gasteiger partial charge is 0.252 e. The molecule has 0 aliphatic carbocycles. The second-order valence-corrected chi connectivity index (χ2v) is 8.59. The van der Waals surface area contributed by atoms with Crippen LogP contribution in [0.15, 0.2) is 46.7 Å². The minimum atomic E-state index is -3.71. The Balaban J connectivity index is 2.11. The number of nitrogens with zero attached hydrogens (tertiary/aromatic N) is 2. The van der Waals surface area contributed by atoms with Gasteiger partial charge in [-0.05, 0) is 24.3 Å². The molecule has 2 aromatic rings. The lowest BCUT2D eigenvalue weighted by Gasteiger charge is -2.21. The number of hydrogen-bond donors (Lipinski definition) is 0. The third kappa shape index (κ3) is 3.67. The Hall–Kier alpha value is -1.41. The number of benzene rings is 1. The minimum absolute atomic E-state index is 0.121. The second-order valence-electron chi connectivity index (χ2n) is 4.61. The average molecular weight is 359 g/mol. The summed E-state index contributed by atoms with van der Waals surface area (Å²) in [5.74, 6) is -0.320. The van der Waals surface area contributed by atoms with Crippen molar-refractivity contribution in [1.82, 2.24) is 4.31 Å². The number of likely N-dealkylation sites (N-methyl/N-ethyl adjacent to an activating group) is 2.